The first-order valence-corrected chi connectivity index (χ1v) is 6.76. The van der Waals surface area contributed by atoms with Crippen molar-refractivity contribution in [1.29, 1.82) is 0 Å². The van der Waals surface area contributed by atoms with Crippen LogP contribution in [0.3, 0.4) is 0 Å². The molecule has 0 unspecified atom stereocenters. The molecule has 2 aromatic rings. The molecule has 0 atom stereocenters. The molecule has 22 heavy (non-hydrogen) atoms. The highest BCUT2D eigenvalue weighted by Gasteiger charge is 2.25. The van der Waals surface area contributed by atoms with Gasteiger partial charge in [-0.05, 0) is 18.1 Å². The Balaban J connectivity index is 2.81. The molecule has 0 aliphatic heterocycles. The number of nitrogens with zero attached hydrogens (tertiary/aromatic N) is 2. The zero-order valence-corrected chi connectivity index (χ0v) is 12.4. The summed E-state index contributed by atoms with van der Waals surface area (Å²) >= 11 is 0. The molecular formula is C15H16F2N2O3. The number of halogens is 2. The number of carboxylic acids is 1. The largest absolute Gasteiger partial charge is 0.480 e. The first kappa shape index (κ1) is 16.1. The molecule has 0 aliphatic rings. The van der Waals surface area contributed by atoms with Crippen molar-refractivity contribution < 1.29 is 18.7 Å². The number of benzene rings is 1. The average Bonchev–Trinajstić information content (AvgIpc) is 2.39. The van der Waals surface area contributed by atoms with Gasteiger partial charge in [-0.1, -0.05) is 19.9 Å². The predicted molar refractivity (Wildman–Crippen MR) is 77.3 cm³/mol. The van der Waals surface area contributed by atoms with Crippen LogP contribution in [0.25, 0.3) is 10.8 Å². The predicted octanol–water partition coefficient (Wildman–Crippen LogP) is 2.72. The fourth-order valence-electron chi connectivity index (χ4n) is 2.25. The summed E-state index contributed by atoms with van der Waals surface area (Å²) in [6.07, 6.45) is 0. The molecule has 1 heterocycles. The first-order chi connectivity index (χ1) is 10.1. The van der Waals surface area contributed by atoms with E-state index in [1.807, 2.05) is 0 Å². The third kappa shape index (κ3) is 2.98. The van der Waals surface area contributed by atoms with E-state index in [-0.39, 0.29) is 16.9 Å². The van der Waals surface area contributed by atoms with Crippen LogP contribution in [0.5, 0.6) is 0 Å². The fraction of sp³-hybridized carbons (Fsp3) is 0.400. The highest BCUT2D eigenvalue weighted by Crippen LogP contribution is 2.30. The maximum absolute atomic E-state index is 13.5. The Hall–Kier alpha value is -2.31. The standard InChI is InChI=1S/C15H16F2N2O3/c1-8(2)13-11-6-9(15(3,16)17)4-5-10(11)14(22)19(18-13)7-12(20)21/h4-6,8H,7H2,1-3H3,(H,20,21). The second-order valence-corrected chi connectivity index (χ2v) is 5.55. The Labute approximate surface area is 125 Å². The minimum Gasteiger partial charge on any atom is -0.480 e. The molecule has 1 N–H and O–H groups in total. The van der Waals surface area contributed by atoms with Crippen LogP contribution >= 0.6 is 0 Å². The van der Waals surface area contributed by atoms with Gasteiger partial charge in [0.25, 0.3) is 11.5 Å². The second kappa shape index (κ2) is 5.47. The number of aromatic nitrogens is 2. The van der Waals surface area contributed by atoms with Crippen LogP contribution < -0.4 is 5.56 Å². The molecule has 0 aliphatic carbocycles. The number of carbonyl (C=O) groups is 1. The van der Waals surface area contributed by atoms with Gasteiger partial charge in [0.2, 0.25) is 0 Å². The molecule has 7 heteroatoms. The molecule has 0 fully saturated rings. The zero-order chi connectivity index (χ0) is 16.7. The van der Waals surface area contributed by atoms with Gasteiger partial charge in [-0.3, -0.25) is 9.59 Å². The van der Waals surface area contributed by atoms with Gasteiger partial charge in [0, 0.05) is 17.9 Å². The number of carboxylic acid groups (broad SMARTS) is 1. The van der Waals surface area contributed by atoms with E-state index in [2.05, 4.69) is 5.10 Å². The monoisotopic (exact) mass is 310 g/mol. The zero-order valence-electron chi connectivity index (χ0n) is 12.4. The van der Waals surface area contributed by atoms with E-state index >= 15 is 0 Å². The molecule has 0 amide bonds. The normalized spacial score (nSPS) is 12.1. The lowest BCUT2D eigenvalue weighted by molar-refractivity contribution is -0.138. The van der Waals surface area contributed by atoms with E-state index in [1.54, 1.807) is 13.8 Å². The molecule has 1 aromatic carbocycles. The summed E-state index contributed by atoms with van der Waals surface area (Å²) in [5.41, 5.74) is -0.395. The van der Waals surface area contributed by atoms with Gasteiger partial charge in [0.15, 0.2) is 0 Å². The molecule has 0 spiro atoms. The van der Waals surface area contributed by atoms with E-state index < -0.39 is 24.0 Å². The van der Waals surface area contributed by atoms with Crippen LogP contribution in [0.15, 0.2) is 23.0 Å². The third-order valence-corrected chi connectivity index (χ3v) is 3.33. The summed E-state index contributed by atoms with van der Waals surface area (Å²) in [6, 6.07) is 3.74. The van der Waals surface area contributed by atoms with Crippen LogP contribution in [0.4, 0.5) is 8.78 Å². The van der Waals surface area contributed by atoms with Crippen LogP contribution in [0.1, 0.15) is 37.9 Å². The van der Waals surface area contributed by atoms with Gasteiger partial charge in [-0.2, -0.15) is 5.10 Å². The van der Waals surface area contributed by atoms with Gasteiger partial charge in [-0.25, -0.2) is 13.5 Å². The summed E-state index contributed by atoms with van der Waals surface area (Å²) in [6.45, 7) is 3.81. The number of hydrogen-bond donors (Lipinski definition) is 1. The topological polar surface area (TPSA) is 72.2 Å². The van der Waals surface area contributed by atoms with Gasteiger partial charge in [0.05, 0.1) is 11.1 Å². The van der Waals surface area contributed by atoms with Gasteiger partial charge in [0.1, 0.15) is 6.54 Å². The summed E-state index contributed by atoms with van der Waals surface area (Å²) in [5, 5.41) is 13.4. The van der Waals surface area contributed by atoms with E-state index in [0.717, 1.165) is 11.6 Å². The Bertz CT molecular complexity index is 792. The highest BCUT2D eigenvalue weighted by atomic mass is 19.3. The van der Waals surface area contributed by atoms with Crippen LogP contribution in [0.2, 0.25) is 0 Å². The molecule has 0 radical (unpaired) electrons. The second-order valence-electron chi connectivity index (χ2n) is 5.55. The van der Waals surface area contributed by atoms with Crippen molar-refractivity contribution >= 4 is 16.7 Å². The fourth-order valence-corrected chi connectivity index (χ4v) is 2.25. The van der Waals surface area contributed by atoms with Crippen molar-refractivity contribution in [3.8, 4) is 0 Å². The van der Waals surface area contributed by atoms with Crippen molar-refractivity contribution in [2.45, 2.75) is 39.2 Å². The molecule has 0 saturated carbocycles. The first-order valence-electron chi connectivity index (χ1n) is 6.76. The van der Waals surface area contributed by atoms with Crippen molar-refractivity contribution in [2.24, 2.45) is 0 Å². The maximum Gasteiger partial charge on any atom is 0.325 e. The lowest BCUT2D eigenvalue weighted by Gasteiger charge is -2.15. The number of aliphatic carboxylic acids is 1. The van der Waals surface area contributed by atoms with E-state index in [4.69, 9.17) is 5.11 Å². The Morgan fingerprint density at radius 1 is 1.36 bits per heavy atom. The van der Waals surface area contributed by atoms with Crippen LogP contribution in [0, 0.1) is 0 Å². The average molecular weight is 310 g/mol. The number of rotatable bonds is 4. The summed E-state index contributed by atoms with van der Waals surface area (Å²) < 4.78 is 27.8. The summed E-state index contributed by atoms with van der Waals surface area (Å²) in [7, 11) is 0. The minimum atomic E-state index is -3.03. The highest BCUT2D eigenvalue weighted by molar-refractivity contribution is 5.85. The van der Waals surface area contributed by atoms with Crippen molar-refractivity contribution in [1.82, 2.24) is 9.78 Å². The minimum absolute atomic E-state index is 0.149. The van der Waals surface area contributed by atoms with Gasteiger partial charge < -0.3 is 5.11 Å². The Kier molecular flexibility index (Phi) is 4.00. The molecule has 118 valence electrons. The lowest BCUT2D eigenvalue weighted by Crippen LogP contribution is -2.28. The van der Waals surface area contributed by atoms with E-state index in [9.17, 15) is 18.4 Å². The Morgan fingerprint density at radius 2 is 2.00 bits per heavy atom. The molecule has 0 bridgehead atoms. The number of alkyl halides is 2. The van der Waals surface area contributed by atoms with Crippen LogP contribution in [-0.2, 0) is 17.3 Å². The van der Waals surface area contributed by atoms with Crippen molar-refractivity contribution in [3.05, 3.63) is 39.8 Å². The summed E-state index contributed by atoms with van der Waals surface area (Å²) in [5.74, 6) is -4.37. The number of hydrogen-bond acceptors (Lipinski definition) is 3. The molecule has 1 aromatic heterocycles. The quantitative estimate of drug-likeness (QED) is 0.942. The smallest absolute Gasteiger partial charge is 0.325 e. The molecule has 0 saturated heterocycles. The van der Waals surface area contributed by atoms with Crippen molar-refractivity contribution in [3.63, 3.8) is 0 Å². The third-order valence-electron chi connectivity index (χ3n) is 3.33. The SMILES string of the molecule is CC(C)c1nn(CC(=O)O)c(=O)c2ccc(C(C)(F)F)cc12. The molecule has 5 nitrogen and oxygen atoms in total. The molecular weight excluding hydrogens is 294 g/mol. The van der Waals surface area contributed by atoms with E-state index in [0.29, 0.717) is 11.1 Å². The number of fused-ring (bicyclic) bond motifs is 1. The lowest BCUT2D eigenvalue weighted by atomic mass is 9.99. The molecule has 2 rings (SSSR count). The maximum atomic E-state index is 13.5. The Morgan fingerprint density at radius 3 is 2.50 bits per heavy atom. The summed E-state index contributed by atoms with van der Waals surface area (Å²) in [4.78, 5) is 23.1. The van der Waals surface area contributed by atoms with Crippen molar-refractivity contribution in [2.75, 3.05) is 0 Å². The van der Waals surface area contributed by atoms with Crippen LogP contribution in [-0.4, -0.2) is 20.9 Å². The van der Waals surface area contributed by atoms with E-state index in [1.165, 1.54) is 18.2 Å². The van der Waals surface area contributed by atoms with Gasteiger partial charge in [-0.15, -0.1) is 0 Å². The van der Waals surface area contributed by atoms with Gasteiger partial charge >= 0.3 is 5.97 Å².